The normalized spacial score (nSPS) is 13.6. The summed E-state index contributed by atoms with van der Waals surface area (Å²) in [6.07, 6.45) is 3.28. The molecule has 0 atom stereocenters. The minimum atomic E-state index is -0.583. The Morgan fingerprint density at radius 3 is 2.48 bits per heavy atom. The highest BCUT2D eigenvalue weighted by Gasteiger charge is 2.25. The molecule has 8 heteroatoms. The van der Waals surface area contributed by atoms with Crippen molar-refractivity contribution in [2.24, 2.45) is 0 Å². The first-order valence-electron chi connectivity index (χ1n) is 9.96. The van der Waals surface area contributed by atoms with E-state index < -0.39 is 5.91 Å². The zero-order valence-corrected chi connectivity index (χ0v) is 16.9. The number of hydroxylamine groups is 1. The number of amides is 3. The molecule has 31 heavy (non-hydrogen) atoms. The molecule has 0 spiro atoms. The monoisotopic (exact) mass is 421 g/mol. The number of morpholine rings is 1. The van der Waals surface area contributed by atoms with Crippen molar-refractivity contribution in [2.75, 3.05) is 31.2 Å². The highest BCUT2D eigenvalue weighted by molar-refractivity contribution is 5.94. The van der Waals surface area contributed by atoms with Crippen LogP contribution in [0.5, 0.6) is 0 Å². The Hall–Kier alpha value is -3.62. The molecule has 3 amide bonds. The highest BCUT2D eigenvalue weighted by Crippen LogP contribution is 2.27. The summed E-state index contributed by atoms with van der Waals surface area (Å²) in [6, 6.07) is 16.3. The van der Waals surface area contributed by atoms with Gasteiger partial charge in [-0.15, -0.1) is 0 Å². The van der Waals surface area contributed by atoms with E-state index in [2.05, 4.69) is 0 Å². The van der Waals surface area contributed by atoms with Gasteiger partial charge in [0.1, 0.15) is 0 Å². The van der Waals surface area contributed by atoms with E-state index in [0.717, 1.165) is 22.4 Å². The highest BCUT2D eigenvalue weighted by atomic mass is 16.5. The topological polar surface area (TPSA) is 95.2 Å². The largest absolute Gasteiger partial charge is 0.472 e. The molecule has 1 aliphatic heterocycles. The molecule has 0 aliphatic carbocycles. The fraction of sp³-hybridized carbons (Fsp3) is 0.217. The van der Waals surface area contributed by atoms with Crippen LogP contribution in [-0.4, -0.2) is 48.3 Å². The average Bonchev–Trinajstić information content (AvgIpc) is 3.38. The molecule has 0 radical (unpaired) electrons. The van der Waals surface area contributed by atoms with Crippen molar-refractivity contribution in [3.63, 3.8) is 0 Å². The Kier molecular flexibility index (Phi) is 6.30. The Bertz CT molecular complexity index is 1030. The van der Waals surface area contributed by atoms with Crippen LogP contribution in [0, 0.1) is 0 Å². The van der Waals surface area contributed by atoms with E-state index in [1.54, 1.807) is 52.1 Å². The molecule has 4 rings (SSSR count). The first kappa shape index (κ1) is 20.6. The van der Waals surface area contributed by atoms with Gasteiger partial charge in [-0.3, -0.25) is 14.9 Å². The summed E-state index contributed by atoms with van der Waals surface area (Å²) in [6.45, 7) is 2.42. The van der Waals surface area contributed by atoms with Crippen LogP contribution in [0.25, 0.3) is 11.1 Å². The van der Waals surface area contributed by atoms with Crippen LogP contribution in [0.2, 0.25) is 0 Å². The molecule has 1 aromatic heterocycles. The number of hydrogen-bond acceptors (Lipinski definition) is 5. The molecule has 1 aliphatic rings. The van der Waals surface area contributed by atoms with Crippen molar-refractivity contribution in [3.05, 3.63) is 78.3 Å². The van der Waals surface area contributed by atoms with Crippen molar-refractivity contribution in [1.29, 1.82) is 0 Å². The third-order valence-corrected chi connectivity index (χ3v) is 5.18. The predicted octanol–water partition coefficient (Wildman–Crippen LogP) is 3.52. The van der Waals surface area contributed by atoms with E-state index in [9.17, 15) is 9.59 Å². The second kappa shape index (κ2) is 9.46. The van der Waals surface area contributed by atoms with Gasteiger partial charge in [0, 0.05) is 29.9 Å². The molecular formula is C23H23N3O5. The van der Waals surface area contributed by atoms with E-state index >= 15 is 0 Å². The number of ether oxygens (including phenoxy) is 1. The standard InChI is InChI=1S/C23H23N3O5/c27-22(24-29)18-6-4-17(5-7-18)15-26(23(28)25-9-12-30-13-10-25)21-3-1-2-19(14-21)20-8-11-31-16-20/h1-8,11,14,16,29H,9-10,12-13,15H2,(H,24,27). The number of nitrogens with one attached hydrogen (secondary N) is 1. The summed E-state index contributed by atoms with van der Waals surface area (Å²) >= 11 is 0. The first-order valence-corrected chi connectivity index (χ1v) is 9.96. The van der Waals surface area contributed by atoms with Gasteiger partial charge in [0.2, 0.25) is 0 Å². The molecule has 0 unspecified atom stereocenters. The lowest BCUT2D eigenvalue weighted by atomic mass is 10.1. The Morgan fingerprint density at radius 1 is 1.03 bits per heavy atom. The number of carbonyl (C=O) groups is 2. The van der Waals surface area contributed by atoms with Crippen molar-refractivity contribution in [2.45, 2.75) is 6.54 Å². The van der Waals surface area contributed by atoms with Gasteiger partial charge in [-0.2, -0.15) is 0 Å². The van der Waals surface area contributed by atoms with Gasteiger partial charge in [-0.05, 0) is 41.5 Å². The Morgan fingerprint density at radius 2 is 1.81 bits per heavy atom. The molecule has 0 bridgehead atoms. The van der Waals surface area contributed by atoms with Gasteiger partial charge < -0.3 is 14.1 Å². The van der Waals surface area contributed by atoms with Crippen molar-refractivity contribution < 1.29 is 24.0 Å². The SMILES string of the molecule is O=C(NO)c1ccc(CN(C(=O)N2CCOCC2)c2cccc(-c3ccoc3)c2)cc1. The molecule has 160 valence electrons. The lowest BCUT2D eigenvalue weighted by Gasteiger charge is -2.33. The van der Waals surface area contributed by atoms with E-state index in [0.29, 0.717) is 38.4 Å². The van der Waals surface area contributed by atoms with Crippen LogP contribution in [0.4, 0.5) is 10.5 Å². The minimum Gasteiger partial charge on any atom is -0.472 e. The first-order chi connectivity index (χ1) is 15.2. The van der Waals surface area contributed by atoms with Gasteiger partial charge in [-0.1, -0.05) is 24.3 Å². The fourth-order valence-electron chi connectivity index (χ4n) is 3.49. The predicted molar refractivity (Wildman–Crippen MR) is 114 cm³/mol. The molecule has 1 fully saturated rings. The van der Waals surface area contributed by atoms with Crippen LogP contribution >= 0.6 is 0 Å². The lowest BCUT2D eigenvalue weighted by Crippen LogP contribution is -2.48. The summed E-state index contributed by atoms with van der Waals surface area (Å²) in [7, 11) is 0. The number of benzene rings is 2. The zero-order chi connectivity index (χ0) is 21.6. The zero-order valence-electron chi connectivity index (χ0n) is 16.9. The number of carbonyl (C=O) groups excluding carboxylic acids is 2. The number of hydrogen-bond donors (Lipinski definition) is 2. The summed E-state index contributed by atoms with van der Waals surface area (Å²) in [5.74, 6) is -0.583. The molecule has 3 aromatic rings. The van der Waals surface area contributed by atoms with Gasteiger partial charge in [0.15, 0.2) is 0 Å². The number of furan rings is 1. The third kappa shape index (κ3) is 4.76. The van der Waals surface area contributed by atoms with Crippen LogP contribution in [0.1, 0.15) is 15.9 Å². The van der Waals surface area contributed by atoms with E-state index in [1.165, 1.54) is 0 Å². The number of nitrogens with zero attached hydrogens (tertiary/aromatic N) is 2. The molecule has 2 N–H and O–H groups in total. The summed E-state index contributed by atoms with van der Waals surface area (Å²) < 4.78 is 10.6. The van der Waals surface area contributed by atoms with Gasteiger partial charge >= 0.3 is 6.03 Å². The van der Waals surface area contributed by atoms with Crippen LogP contribution in [0.3, 0.4) is 0 Å². The van der Waals surface area contributed by atoms with E-state index in [1.807, 2.05) is 30.3 Å². The molecule has 1 saturated heterocycles. The summed E-state index contributed by atoms with van der Waals surface area (Å²) in [5, 5.41) is 8.80. The van der Waals surface area contributed by atoms with E-state index in [4.69, 9.17) is 14.4 Å². The number of anilines is 1. The smallest absolute Gasteiger partial charge is 0.324 e. The summed E-state index contributed by atoms with van der Waals surface area (Å²) in [5.41, 5.74) is 5.44. The van der Waals surface area contributed by atoms with Crippen LogP contribution in [-0.2, 0) is 11.3 Å². The van der Waals surface area contributed by atoms with Gasteiger partial charge in [0.05, 0.1) is 32.3 Å². The molecule has 2 aromatic carbocycles. The maximum atomic E-state index is 13.4. The second-order valence-corrected chi connectivity index (χ2v) is 7.17. The second-order valence-electron chi connectivity index (χ2n) is 7.17. The fourth-order valence-corrected chi connectivity index (χ4v) is 3.49. The van der Waals surface area contributed by atoms with Crippen molar-refractivity contribution >= 4 is 17.6 Å². The van der Waals surface area contributed by atoms with Crippen molar-refractivity contribution in [3.8, 4) is 11.1 Å². The Labute approximate surface area is 179 Å². The molecule has 0 saturated carbocycles. The molecule has 2 heterocycles. The van der Waals surface area contributed by atoms with Gasteiger partial charge in [-0.25, -0.2) is 10.3 Å². The van der Waals surface area contributed by atoms with Crippen molar-refractivity contribution in [1.82, 2.24) is 10.4 Å². The molecule has 8 nitrogen and oxygen atoms in total. The number of rotatable bonds is 5. The van der Waals surface area contributed by atoms with E-state index in [-0.39, 0.29) is 6.03 Å². The minimum absolute atomic E-state index is 0.107. The number of urea groups is 1. The van der Waals surface area contributed by atoms with Crippen LogP contribution in [0.15, 0.2) is 71.5 Å². The maximum Gasteiger partial charge on any atom is 0.324 e. The van der Waals surface area contributed by atoms with Crippen LogP contribution < -0.4 is 10.4 Å². The quantitative estimate of drug-likeness (QED) is 0.485. The third-order valence-electron chi connectivity index (χ3n) is 5.18. The van der Waals surface area contributed by atoms with Gasteiger partial charge in [0.25, 0.3) is 5.91 Å². The molecular weight excluding hydrogens is 398 g/mol. The Balaban J connectivity index is 1.64. The lowest BCUT2D eigenvalue weighted by molar-refractivity contribution is 0.0548. The average molecular weight is 421 g/mol. The summed E-state index contributed by atoms with van der Waals surface area (Å²) in [4.78, 5) is 28.5. The maximum absolute atomic E-state index is 13.4.